The van der Waals surface area contributed by atoms with Crippen LogP contribution in [0.5, 0.6) is 11.5 Å². The van der Waals surface area contributed by atoms with Crippen molar-refractivity contribution in [2.24, 2.45) is 0 Å². The Balaban J connectivity index is 1.60. The van der Waals surface area contributed by atoms with Crippen LogP contribution in [-0.2, 0) is 9.59 Å². The lowest BCUT2D eigenvalue weighted by Gasteiger charge is -2.23. The summed E-state index contributed by atoms with van der Waals surface area (Å²) in [6, 6.07) is 18.5. The predicted molar refractivity (Wildman–Crippen MR) is 163 cm³/mol. The molecule has 4 aromatic rings. The molecule has 0 saturated carbocycles. The molecule has 41 heavy (non-hydrogen) atoms. The van der Waals surface area contributed by atoms with E-state index in [0.29, 0.717) is 51.5 Å². The summed E-state index contributed by atoms with van der Waals surface area (Å²) in [7, 11) is 0. The van der Waals surface area contributed by atoms with E-state index in [9.17, 15) is 14.7 Å². The highest BCUT2D eigenvalue weighted by Gasteiger charge is 2.48. The summed E-state index contributed by atoms with van der Waals surface area (Å²) in [4.78, 5) is 33.2. The van der Waals surface area contributed by atoms with Gasteiger partial charge in [-0.3, -0.25) is 14.5 Å². The maximum absolute atomic E-state index is 13.6. The van der Waals surface area contributed by atoms with Crippen molar-refractivity contribution < 1.29 is 24.2 Å². The fourth-order valence-corrected chi connectivity index (χ4v) is 5.91. The van der Waals surface area contributed by atoms with Gasteiger partial charge in [-0.15, -0.1) is 0 Å². The Labute approximate surface area is 248 Å². The Kier molecular flexibility index (Phi) is 8.90. The Hall–Kier alpha value is -3.88. The van der Waals surface area contributed by atoms with Gasteiger partial charge in [-0.25, -0.2) is 4.98 Å². The minimum absolute atomic E-state index is 0.0161. The van der Waals surface area contributed by atoms with Gasteiger partial charge in [0.1, 0.15) is 17.3 Å². The van der Waals surface area contributed by atoms with Gasteiger partial charge in [0.2, 0.25) is 0 Å². The van der Waals surface area contributed by atoms with Crippen LogP contribution in [0.4, 0.5) is 5.13 Å². The minimum atomic E-state index is -0.902. The highest BCUT2D eigenvalue weighted by atomic mass is 35.5. The average molecular weight is 591 g/mol. The van der Waals surface area contributed by atoms with Crippen LogP contribution >= 0.6 is 22.9 Å². The zero-order valence-corrected chi connectivity index (χ0v) is 24.5. The van der Waals surface area contributed by atoms with Crippen molar-refractivity contribution in [1.29, 1.82) is 0 Å². The number of anilines is 1. The minimum Gasteiger partial charge on any atom is -0.507 e. The van der Waals surface area contributed by atoms with E-state index in [-0.39, 0.29) is 11.3 Å². The normalized spacial score (nSPS) is 16.5. The molecule has 1 unspecified atom stereocenters. The third kappa shape index (κ3) is 6.09. The number of fused-ring (bicyclic) bond motifs is 1. The van der Waals surface area contributed by atoms with Crippen LogP contribution in [0.25, 0.3) is 16.0 Å². The van der Waals surface area contributed by atoms with Gasteiger partial charge >= 0.3 is 5.91 Å². The number of amides is 1. The molecule has 1 amide bonds. The van der Waals surface area contributed by atoms with Gasteiger partial charge in [0.05, 0.1) is 35.0 Å². The second kappa shape index (κ2) is 12.7. The molecule has 1 aromatic heterocycles. The number of hydrogen-bond donors (Lipinski definition) is 1. The lowest BCUT2D eigenvalue weighted by atomic mass is 9.95. The van der Waals surface area contributed by atoms with E-state index < -0.39 is 17.7 Å². The summed E-state index contributed by atoms with van der Waals surface area (Å²) >= 11 is 7.45. The molecule has 1 N–H and O–H groups in total. The fourth-order valence-electron chi connectivity index (χ4n) is 4.64. The average Bonchev–Trinajstić information content (AvgIpc) is 3.51. The summed E-state index contributed by atoms with van der Waals surface area (Å²) in [6.07, 6.45) is 3.84. The number of halogens is 1. The van der Waals surface area contributed by atoms with E-state index in [1.54, 1.807) is 42.5 Å². The number of aromatic nitrogens is 1. The van der Waals surface area contributed by atoms with E-state index >= 15 is 0 Å². The Bertz CT molecular complexity index is 1600. The molecule has 0 bridgehead atoms. The Morgan fingerprint density at radius 1 is 0.951 bits per heavy atom. The van der Waals surface area contributed by atoms with Gasteiger partial charge in [0, 0.05) is 10.6 Å². The number of rotatable bonds is 11. The van der Waals surface area contributed by atoms with Crippen LogP contribution in [0.1, 0.15) is 56.7 Å². The number of hydrogen-bond acceptors (Lipinski definition) is 7. The maximum atomic E-state index is 13.6. The third-order valence-corrected chi connectivity index (χ3v) is 8.08. The summed E-state index contributed by atoms with van der Waals surface area (Å²) < 4.78 is 12.4. The van der Waals surface area contributed by atoms with Gasteiger partial charge in [0.25, 0.3) is 5.78 Å². The van der Waals surface area contributed by atoms with Crippen molar-refractivity contribution in [3.05, 3.63) is 88.5 Å². The topological polar surface area (TPSA) is 89.0 Å². The molecule has 1 saturated heterocycles. The van der Waals surface area contributed by atoms with E-state index in [0.717, 1.165) is 30.4 Å². The van der Waals surface area contributed by atoms with E-state index in [2.05, 4.69) is 18.8 Å². The Morgan fingerprint density at radius 2 is 1.66 bits per heavy atom. The number of carbonyl (C=O) groups excluding carboxylic acids is 2. The molecule has 0 aliphatic carbocycles. The van der Waals surface area contributed by atoms with Gasteiger partial charge in [-0.2, -0.15) is 0 Å². The lowest BCUT2D eigenvalue weighted by molar-refractivity contribution is -0.132. The summed E-state index contributed by atoms with van der Waals surface area (Å²) in [5.41, 5.74) is 1.67. The molecule has 1 atom stereocenters. The standard InChI is InChI=1S/C32H31ClN2O5S/c1-3-5-16-39-23-13-10-20(11-14-23)28-27(29(36)21-8-7-9-24(18-21)40-17-6-4-2)30(37)31(38)35(28)32-34-25-15-12-22(33)19-26(25)41-32/h7-15,18-19,28,36H,3-6,16-17H2,1-2H3. The first-order chi connectivity index (χ1) is 19.9. The number of aliphatic hydroxyl groups excluding tert-OH is 1. The second-order valence-corrected chi connectivity index (χ2v) is 11.2. The second-order valence-electron chi connectivity index (χ2n) is 9.78. The van der Waals surface area contributed by atoms with E-state index in [1.165, 1.54) is 16.2 Å². The van der Waals surface area contributed by atoms with Crippen LogP contribution in [0, 0.1) is 0 Å². The number of carbonyl (C=O) groups is 2. The van der Waals surface area contributed by atoms with Gasteiger partial charge < -0.3 is 14.6 Å². The molecule has 3 aromatic carbocycles. The van der Waals surface area contributed by atoms with Crippen molar-refractivity contribution in [3.63, 3.8) is 0 Å². The predicted octanol–water partition coefficient (Wildman–Crippen LogP) is 7.93. The first-order valence-electron chi connectivity index (χ1n) is 13.7. The van der Waals surface area contributed by atoms with Gasteiger partial charge in [-0.1, -0.05) is 73.9 Å². The smallest absolute Gasteiger partial charge is 0.301 e. The highest BCUT2D eigenvalue weighted by molar-refractivity contribution is 7.22. The van der Waals surface area contributed by atoms with Crippen LogP contribution in [0.2, 0.25) is 5.02 Å². The fraction of sp³-hybridized carbons (Fsp3) is 0.281. The molecular formula is C32H31ClN2O5S. The lowest BCUT2D eigenvalue weighted by Crippen LogP contribution is -2.29. The molecule has 0 radical (unpaired) electrons. The molecule has 1 fully saturated rings. The third-order valence-electron chi connectivity index (χ3n) is 6.83. The van der Waals surface area contributed by atoms with Crippen molar-refractivity contribution in [2.75, 3.05) is 18.1 Å². The zero-order valence-electron chi connectivity index (χ0n) is 22.9. The molecular weight excluding hydrogens is 560 g/mol. The molecule has 2 heterocycles. The quantitative estimate of drug-likeness (QED) is 0.0825. The molecule has 1 aliphatic heterocycles. The summed E-state index contributed by atoms with van der Waals surface area (Å²) in [5.74, 6) is -0.564. The zero-order chi connectivity index (χ0) is 28.9. The van der Waals surface area contributed by atoms with Crippen LogP contribution in [0.15, 0.2) is 72.3 Å². The van der Waals surface area contributed by atoms with E-state index in [1.807, 2.05) is 24.3 Å². The summed E-state index contributed by atoms with van der Waals surface area (Å²) in [5, 5.41) is 12.4. The molecule has 7 nitrogen and oxygen atoms in total. The van der Waals surface area contributed by atoms with Crippen molar-refractivity contribution >= 4 is 55.7 Å². The number of benzene rings is 3. The molecule has 5 rings (SSSR count). The number of ketones is 1. The number of thiazole rings is 1. The van der Waals surface area contributed by atoms with Gasteiger partial charge in [0.15, 0.2) is 5.13 Å². The van der Waals surface area contributed by atoms with Crippen molar-refractivity contribution in [2.45, 2.75) is 45.6 Å². The first-order valence-corrected chi connectivity index (χ1v) is 14.9. The van der Waals surface area contributed by atoms with Crippen LogP contribution < -0.4 is 14.4 Å². The molecule has 212 valence electrons. The molecule has 9 heteroatoms. The number of ether oxygens (including phenoxy) is 2. The maximum Gasteiger partial charge on any atom is 0.301 e. The van der Waals surface area contributed by atoms with Crippen molar-refractivity contribution in [3.8, 4) is 11.5 Å². The van der Waals surface area contributed by atoms with E-state index in [4.69, 9.17) is 21.1 Å². The highest BCUT2D eigenvalue weighted by Crippen LogP contribution is 2.45. The number of nitrogens with zero attached hydrogens (tertiary/aromatic N) is 2. The number of unbranched alkanes of at least 4 members (excludes halogenated alkanes) is 2. The summed E-state index contributed by atoms with van der Waals surface area (Å²) in [6.45, 7) is 5.31. The van der Waals surface area contributed by atoms with Crippen LogP contribution in [0.3, 0.4) is 0 Å². The molecule has 0 spiro atoms. The number of Topliss-reactive ketones (excluding diaryl/α,β-unsaturated/α-hetero) is 1. The van der Waals surface area contributed by atoms with Crippen molar-refractivity contribution in [1.82, 2.24) is 4.98 Å². The monoisotopic (exact) mass is 590 g/mol. The van der Waals surface area contributed by atoms with Gasteiger partial charge in [-0.05, 0) is 60.9 Å². The largest absolute Gasteiger partial charge is 0.507 e. The first kappa shape index (κ1) is 28.6. The molecule has 1 aliphatic rings. The number of aliphatic hydroxyl groups is 1. The van der Waals surface area contributed by atoms with Crippen LogP contribution in [-0.4, -0.2) is 35.0 Å². The SMILES string of the molecule is CCCCOc1ccc(C2C(=C(O)c3cccc(OCCCC)c3)C(=O)C(=O)N2c2nc3ccc(Cl)cc3s2)cc1. The Morgan fingerprint density at radius 3 is 2.37 bits per heavy atom.